The summed E-state index contributed by atoms with van der Waals surface area (Å²) < 4.78 is 26.6. The Hall–Kier alpha value is -2.29. The summed E-state index contributed by atoms with van der Waals surface area (Å²) in [5.74, 6) is -0.458. The van der Waals surface area contributed by atoms with E-state index in [-0.39, 0.29) is 37.4 Å². The van der Waals surface area contributed by atoms with Crippen molar-refractivity contribution in [3.05, 3.63) is 63.1 Å². The lowest BCUT2D eigenvalue weighted by Crippen LogP contribution is -2.50. The molecule has 1 N–H and O–H groups in total. The molecule has 0 saturated heterocycles. The summed E-state index contributed by atoms with van der Waals surface area (Å²) in [6.45, 7) is 9.85. The highest BCUT2D eigenvalue weighted by Crippen LogP contribution is 2.26. The lowest BCUT2D eigenvalue weighted by Gasteiger charge is -2.32. The summed E-state index contributed by atoms with van der Waals surface area (Å²) in [4.78, 5) is 28.3. The van der Waals surface area contributed by atoms with Gasteiger partial charge in [0.2, 0.25) is 21.8 Å². The van der Waals surface area contributed by atoms with Gasteiger partial charge in [0.15, 0.2) is 0 Å². The van der Waals surface area contributed by atoms with E-state index in [1.54, 1.807) is 23.1 Å². The van der Waals surface area contributed by atoms with E-state index in [0.717, 1.165) is 23.1 Å². The first-order valence-electron chi connectivity index (χ1n) is 12.9. The van der Waals surface area contributed by atoms with Crippen LogP contribution < -0.4 is 9.62 Å². The Morgan fingerprint density at radius 2 is 1.68 bits per heavy atom. The minimum Gasteiger partial charge on any atom is -0.352 e. The lowest BCUT2D eigenvalue weighted by molar-refractivity contribution is -0.141. The fraction of sp³-hybridized carbons (Fsp3) is 0.500. The topological polar surface area (TPSA) is 86.8 Å². The molecule has 7 nitrogen and oxygen atoms in total. The number of benzene rings is 2. The molecule has 2 aromatic rings. The maximum absolute atomic E-state index is 13.6. The van der Waals surface area contributed by atoms with Crippen LogP contribution in [0.3, 0.4) is 0 Å². The Labute approximate surface area is 237 Å². The monoisotopic (exact) mass is 583 g/mol. The normalized spacial score (nSPS) is 13.1. The van der Waals surface area contributed by atoms with E-state index in [2.05, 4.69) is 5.32 Å². The number of halogens is 2. The lowest BCUT2D eigenvalue weighted by atomic mass is 10.1. The van der Waals surface area contributed by atoms with E-state index in [4.69, 9.17) is 23.2 Å². The molecule has 210 valence electrons. The van der Waals surface area contributed by atoms with Gasteiger partial charge in [0.05, 0.1) is 22.0 Å². The summed E-state index contributed by atoms with van der Waals surface area (Å²) >= 11 is 12.3. The summed E-state index contributed by atoms with van der Waals surface area (Å²) in [6, 6.07) is 10.1. The predicted molar refractivity (Wildman–Crippen MR) is 156 cm³/mol. The minimum absolute atomic E-state index is 0.0284. The van der Waals surface area contributed by atoms with E-state index >= 15 is 0 Å². The van der Waals surface area contributed by atoms with Crippen LogP contribution in [0.4, 0.5) is 5.69 Å². The molecule has 10 heteroatoms. The van der Waals surface area contributed by atoms with Gasteiger partial charge in [-0.2, -0.15) is 0 Å². The predicted octanol–water partition coefficient (Wildman–Crippen LogP) is 5.88. The summed E-state index contributed by atoms with van der Waals surface area (Å²) in [6.07, 6.45) is 2.72. The van der Waals surface area contributed by atoms with Gasteiger partial charge in [-0.3, -0.25) is 13.9 Å². The molecule has 2 atom stereocenters. The van der Waals surface area contributed by atoms with Gasteiger partial charge in [-0.25, -0.2) is 8.42 Å². The number of carbonyl (C=O) groups excluding carboxylic acids is 2. The molecule has 0 aromatic heterocycles. The number of sulfonamides is 1. The second-order valence-corrected chi connectivity index (χ2v) is 12.5. The second kappa shape index (κ2) is 14.2. The molecule has 0 fully saturated rings. The third-order valence-electron chi connectivity index (χ3n) is 6.51. The number of anilines is 1. The highest BCUT2D eigenvalue weighted by Gasteiger charge is 2.29. The molecule has 0 aliphatic rings. The van der Waals surface area contributed by atoms with Crippen molar-refractivity contribution in [2.75, 3.05) is 17.1 Å². The third kappa shape index (κ3) is 8.89. The van der Waals surface area contributed by atoms with Gasteiger partial charge in [0.1, 0.15) is 6.04 Å². The molecule has 0 spiro atoms. The Balaban J connectivity index is 2.29. The van der Waals surface area contributed by atoms with Crippen molar-refractivity contribution >= 4 is 50.7 Å². The van der Waals surface area contributed by atoms with E-state index < -0.39 is 16.1 Å². The molecule has 38 heavy (non-hydrogen) atoms. The largest absolute Gasteiger partial charge is 0.352 e. The van der Waals surface area contributed by atoms with Crippen LogP contribution in [0.2, 0.25) is 10.0 Å². The average Bonchev–Trinajstić information content (AvgIpc) is 2.84. The number of aryl methyl sites for hydroxylation is 2. The minimum atomic E-state index is -3.57. The van der Waals surface area contributed by atoms with Crippen LogP contribution in [-0.2, 0) is 26.2 Å². The Morgan fingerprint density at radius 3 is 2.26 bits per heavy atom. The van der Waals surface area contributed by atoms with Crippen molar-refractivity contribution in [3.8, 4) is 0 Å². The third-order valence-corrected chi connectivity index (χ3v) is 8.43. The van der Waals surface area contributed by atoms with Gasteiger partial charge >= 0.3 is 0 Å². The van der Waals surface area contributed by atoms with Gasteiger partial charge < -0.3 is 10.2 Å². The maximum atomic E-state index is 13.6. The zero-order valence-corrected chi connectivity index (χ0v) is 25.4. The first kappa shape index (κ1) is 31.9. The molecule has 0 saturated carbocycles. The second-order valence-electron chi connectivity index (χ2n) is 9.74. The molecule has 0 bridgehead atoms. The summed E-state index contributed by atoms with van der Waals surface area (Å²) in [5, 5.41) is 3.75. The molecule has 0 radical (unpaired) electrons. The van der Waals surface area contributed by atoms with Gasteiger partial charge in [-0.05, 0) is 74.9 Å². The van der Waals surface area contributed by atoms with Crippen LogP contribution in [0, 0.1) is 13.8 Å². The Kier molecular flexibility index (Phi) is 11.9. The van der Waals surface area contributed by atoms with Crippen molar-refractivity contribution in [1.82, 2.24) is 10.2 Å². The van der Waals surface area contributed by atoms with Crippen LogP contribution in [-0.4, -0.2) is 50.0 Å². The summed E-state index contributed by atoms with van der Waals surface area (Å²) in [7, 11) is -3.57. The zero-order valence-electron chi connectivity index (χ0n) is 23.1. The molecule has 2 aromatic carbocycles. The van der Waals surface area contributed by atoms with Crippen molar-refractivity contribution in [1.29, 1.82) is 0 Å². The standard InChI is InChI=1S/C28H39Cl2N3O4S/c1-7-21(5)31-28(35)25(8-2)32(18-22-13-14-23(29)24(30)17-22)27(34)10-9-15-33(38(6,36)37)26-16-19(3)11-12-20(26)4/h11-14,16-17,21,25H,7-10,15,18H2,1-6H3,(H,31,35)/t21-,25+/m0/s1. The number of hydrogen-bond donors (Lipinski definition) is 1. The number of hydrogen-bond acceptors (Lipinski definition) is 4. The first-order chi connectivity index (χ1) is 17.8. The maximum Gasteiger partial charge on any atom is 0.243 e. The highest BCUT2D eigenvalue weighted by molar-refractivity contribution is 7.92. The van der Waals surface area contributed by atoms with Crippen LogP contribution in [0.25, 0.3) is 0 Å². The molecule has 2 amide bonds. The van der Waals surface area contributed by atoms with Crippen molar-refractivity contribution < 1.29 is 18.0 Å². The van der Waals surface area contributed by atoms with Crippen LogP contribution in [0.1, 0.15) is 63.1 Å². The van der Waals surface area contributed by atoms with E-state index in [1.165, 1.54) is 10.6 Å². The Morgan fingerprint density at radius 1 is 1.00 bits per heavy atom. The number of nitrogens with zero attached hydrogens (tertiary/aromatic N) is 2. The summed E-state index contributed by atoms with van der Waals surface area (Å²) in [5.41, 5.74) is 3.13. The van der Waals surface area contributed by atoms with E-state index in [0.29, 0.717) is 28.6 Å². The molecule has 0 unspecified atom stereocenters. The van der Waals surface area contributed by atoms with Crippen LogP contribution >= 0.6 is 23.2 Å². The number of carbonyl (C=O) groups is 2. The zero-order chi connectivity index (χ0) is 28.6. The molecular formula is C28H39Cl2N3O4S. The van der Waals surface area contributed by atoms with Crippen molar-refractivity contribution in [3.63, 3.8) is 0 Å². The fourth-order valence-corrected chi connectivity index (χ4v) is 5.50. The first-order valence-corrected chi connectivity index (χ1v) is 15.5. The molecule has 0 aliphatic carbocycles. The van der Waals surface area contributed by atoms with Gasteiger partial charge in [-0.1, -0.05) is 55.2 Å². The van der Waals surface area contributed by atoms with Gasteiger partial charge in [0.25, 0.3) is 0 Å². The average molecular weight is 585 g/mol. The Bertz CT molecular complexity index is 1240. The molecular weight excluding hydrogens is 545 g/mol. The van der Waals surface area contributed by atoms with Gasteiger partial charge in [-0.15, -0.1) is 0 Å². The van der Waals surface area contributed by atoms with Crippen molar-refractivity contribution in [2.45, 2.75) is 78.9 Å². The van der Waals surface area contributed by atoms with E-state index in [9.17, 15) is 18.0 Å². The van der Waals surface area contributed by atoms with Crippen LogP contribution in [0.5, 0.6) is 0 Å². The molecule has 0 heterocycles. The molecule has 2 rings (SSSR count). The smallest absolute Gasteiger partial charge is 0.243 e. The SMILES string of the molecule is CC[C@H](C(=O)N[C@@H](C)CC)N(Cc1ccc(Cl)c(Cl)c1)C(=O)CCCN(c1cc(C)ccc1C)S(C)(=O)=O. The number of amides is 2. The fourth-order valence-electron chi connectivity index (χ4n) is 4.17. The quantitative estimate of drug-likeness (QED) is 0.319. The highest BCUT2D eigenvalue weighted by atomic mass is 35.5. The molecule has 0 aliphatic heterocycles. The number of rotatable bonds is 13. The van der Waals surface area contributed by atoms with Gasteiger partial charge in [0, 0.05) is 25.6 Å². The van der Waals surface area contributed by atoms with E-state index in [1.807, 2.05) is 52.8 Å². The van der Waals surface area contributed by atoms with Crippen LogP contribution in [0.15, 0.2) is 36.4 Å². The van der Waals surface area contributed by atoms with Crippen molar-refractivity contribution in [2.24, 2.45) is 0 Å². The number of nitrogens with one attached hydrogen (secondary N) is 1.